The van der Waals surface area contributed by atoms with Gasteiger partial charge in [0, 0.05) is 6.04 Å². The molecule has 1 heterocycles. The lowest BCUT2D eigenvalue weighted by molar-refractivity contribution is 0.217. The highest BCUT2D eigenvalue weighted by molar-refractivity contribution is 5.30. The molecule has 1 rings (SSSR count). The molecule has 0 bridgehead atoms. The number of aromatic nitrogens is 2. The molecule has 0 amide bonds. The second kappa shape index (κ2) is 6.42. The van der Waals surface area contributed by atoms with Crippen molar-refractivity contribution in [3.8, 4) is 5.75 Å². The van der Waals surface area contributed by atoms with E-state index in [2.05, 4.69) is 56.6 Å². The summed E-state index contributed by atoms with van der Waals surface area (Å²) in [6, 6.07) is 0.565. The maximum atomic E-state index is 5.52. The Labute approximate surface area is 117 Å². The van der Waals surface area contributed by atoms with Crippen LogP contribution in [0.5, 0.6) is 5.75 Å². The lowest BCUT2D eigenvalue weighted by atomic mass is 9.79. The van der Waals surface area contributed by atoms with E-state index in [1.165, 1.54) is 0 Å². The number of hydrogen-bond donors (Lipinski definition) is 1. The number of hydrogen-bond acceptors (Lipinski definition) is 3. The van der Waals surface area contributed by atoms with Gasteiger partial charge in [0.2, 0.25) is 0 Å². The topological polar surface area (TPSA) is 39.1 Å². The zero-order chi connectivity index (χ0) is 14.6. The highest BCUT2D eigenvalue weighted by atomic mass is 16.5. The number of rotatable bonds is 7. The molecule has 0 aromatic carbocycles. The van der Waals surface area contributed by atoms with E-state index in [4.69, 9.17) is 4.74 Å². The van der Waals surface area contributed by atoms with Gasteiger partial charge in [-0.25, -0.2) is 0 Å². The Balaban J connectivity index is 3.32. The van der Waals surface area contributed by atoms with Crippen LogP contribution >= 0.6 is 0 Å². The summed E-state index contributed by atoms with van der Waals surface area (Å²) in [7, 11) is 1.72. The predicted molar refractivity (Wildman–Crippen MR) is 79.7 cm³/mol. The first-order chi connectivity index (χ1) is 8.88. The molecular formula is C15H29N3O. The summed E-state index contributed by atoms with van der Waals surface area (Å²) in [5, 5.41) is 8.09. The highest BCUT2D eigenvalue weighted by Crippen LogP contribution is 2.40. The number of nitrogens with one attached hydrogen (secondary N) is 1. The molecule has 1 unspecified atom stereocenters. The zero-order valence-corrected chi connectivity index (χ0v) is 13.4. The van der Waals surface area contributed by atoms with E-state index in [0.29, 0.717) is 6.04 Å². The number of methoxy groups -OCH3 is 1. The largest absolute Gasteiger partial charge is 0.493 e. The minimum atomic E-state index is 0.149. The summed E-state index contributed by atoms with van der Waals surface area (Å²) in [6.45, 7) is 14.2. The second-order valence-corrected chi connectivity index (χ2v) is 5.97. The predicted octanol–water partition coefficient (Wildman–Crippen LogP) is 3.56. The summed E-state index contributed by atoms with van der Waals surface area (Å²) in [6.07, 6.45) is 2.92. The number of ether oxygens (including phenoxy) is 1. The maximum absolute atomic E-state index is 5.52. The molecule has 0 radical (unpaired) electrons. The van der Waals surface area contributed by atoms with Gasteiger partial charge in [-0.2, -0.15) is 5.10 Å². The Hall–Kier alpha value is -1.03. The summed E-state index contributed by atoms with van der Waals surface area (Å²) >= 11 is 0. The second-order valence-electron chi connectivity index (χ2n) is 5.97. The molecule has 4 heteroatoms. The lowest BCUT2D eigenvalue weighted by Gasteiger charge is -2.35. The molecule has 1 aromatic heterocycles. The normalized spacial score (nSPS) is 13.9. The Morgan fingerprint density at radius 3 is 2.42 bits per heavy atom. The molecule has 0 aliphatic heterocycles. The van der Waals surface area contributed by atoms with Crippen LogP contribution in [0.3, 0.4) is 0 Å². The molecule has 0 aliphatic rings. The van der Waals surface area contributed by atoms with Gasteiger partial charge >= 0.3 is 0 Å². The van der Waals surface area contributed by atoms with Crippen molar-refractivity contribution in [1.29, 1.82) is 0 Å². The fourth-order valence-electron chi connectivity index (χ4n) is 2.35. The van der Waals surface area contributed by atoms with Crippen molar-refractivity contribution in [3.05, 3.63) is 11.9 Å². The minimum absolute atomic E-state index is 0.149. The monoisotopic (exact) mass is 267 g/mol. The van der Waals surface area contributed by atoms with Crippen LogP contribution in [0.15, 0.2) is 6.20 Å². The van der Waals surface area contributed by atoms with Gasteiger partial charge in [-0.3, -0.25) is 4.68 Å². The van der Waals surface area contributed by atoms with Crippen molar-refractivity contribution in [1.82, 2.24) is 15.1 Å². The van der Waals surface area contributed by atoms with E-state index < -0.39 is 0 Å². The standard InChI is InChI=1S/C15H29N3O/c1-8-15(5,6)14(16-9-2)13-12(19-7)10-17-18(13)11(3)4/h10-11,14,16H,8-9H2,1-7H3. The van der Waals surface area contributed by atoms with Gasteiger partial charge < -0.3 is 10.1 Å². The quantitative estimate of drug-likeness (QED) is 0.821. The van der Waals surface area contributed by atoms with Crippen LogP contribution in [0.4, 0.5) is 0 Å². The smallest absolute Gasteiger partial charge is 0.161 e. The van der Waals surface area contributed by atoms with Crippen molar-refractivity contribution < 1.29 is 4.74 Å². The number of nitrogens with zero attached hydrogens (tertiary/aromatic N) is 2. The molecule has 4 nitrogen and oxygen atoms in total. The van der Waals surface area contributed by atoms with Crippen molar-refractivity contribution in [2.75, 3.05) is 13.7 Å². The van der Waals surface area contributed by atoms with Crippen LogP contribution in [0.2, 0.25) is 0 Å². The molecule has 1 N–H and O–H groups in total. The van der Waals surface area contributed by atoms with Gasteiger partial charge in [-0.1, -0.05) is 27.7 Å². The van der Waals surface area contributed by atoms with E-state index in [9.17, 15) is 0 Å². The van der Waals surface area contributed by atoms with Gasteiger partial charge in [0.05, 0.1) is 25.0 Å². The molecule has 1 aromatic rings. The van der Waals surface area contributed by atoms with Gasteiger partial charge in [0.15, 0.2) is 5.75 Å². The SMILES string of the molecule is CCNC(c1c(OC)cnn1C(C)C)C(C)(C)CC. The zero-order valence-electron chi connectivity index (χ0n) is 13.4. The molecule has 0 spiro atoms. The van der Waals surface area contributed by atoms with Crippen molar-refractivity contribution in [2.24, 2.45) is 5.41 Å². The van der Waals surface area contributed by atoms with E-state index in [-0.39, 0.29) is 11.5 Å². The van der Waals surface area contributed by atoms with E-state index >= 15 is 0 Å². The van der Waals surface area contributed by atoms with E-state index in [0.717, 1.165) is 24.4 Å². The third-order valence-corrected chi connectivity index (χ3v) is 3.88. The third-order valence-electron chi connectivity index (χ3n) is 3.88. The summed E-state index contributed by atoms with van der Waals surface area (Å²) in [5.41, 5.74) is 1.31. The molecule has 0 saturated carbocycles. The first kappa shape index (κ1) is 16.0. The average molecular weight is 267 g/mol. The Morgan fingerprint density at radius 1 is 1.37 bits per heavy atom. The Morgan fingerprint density at radius 2 is 2.00 bits per heavy atom. The van der Waals surface area contributed by atoms with Gasteiger partial charge in [0.25, 0.3) is 0 Å². The summed E-state index contributed by atoms with van der Waals surface area (Å²) in [5.74, 6) is 0.876. The van der Waals surface area contributed by atoms with Crippen LogP contribution < -0.4 is 10.1 Å². The first-order valence-electron chi connectivity index (χ1n) is 7.23. The van der Waals surface area contributed by atoms with Crippen molar-refractivity contribution in [2.45, 2.75) is 60.0 Å². The van der Waals surface area contributed by atoms with Crippen LogP contribution in [-0.2, 0) is 0 Å². The molecule has 0 aliphatic carbocycles. The summed E-state index contributed by atoms with van der Waals surface area (Å²) < 4.78 is 7.59. The molecule has 0 fully saturated rings. The molecule has 1 atom stereocenters. The molecule has 110 valence electrons. The summed E-state index contributed by atoms with van der Waals surface area (Å²) in [4.78, 5) is 0. The van der Waals surface area contributed by atoms with Crippen LogP contribution in [0, 0.1) is 5.41 Å². The van der Waals surface area contributed by atoms with Gasteiger partial charge in [-0.15, -0.1) is 0 Å². The average Bonchev–Trinajstić information content (AvgIpc) is 2.79. The first-order valence-corrected chi connectivity index (χ1v) is 7.23. The van der Waals surface area contributed by atoms with Crippen molar-refractivity contribution >= 4 is 0 Å². The van der Waals surface area contributed by atoms with Gasteiger partial charge in [0.1, 0.15) is 0 Å². The molecule has 19 heavy (non-hydrogen) atoms. The Kier molecular flexibility index (Phi) is 5.41. The van der Waals surface area contributed by atoms with E-state index in [1.807, 2.05) is 6.20 Å². The third kappa shape index (κ3) is 3.30. The Bertz CT molecular complexity index is 396. The van der Waals surface area contributed by atoms with E-state index in [1.54, 1.807) is 7.11 Å². The van der Waals surface area contributed by atoms with Crippen LogP contribution in [-0.4, -0.2) is 23.4 Å². The molecular weight excluding hydrogens is 238 g/mol. The maximum Gasteiger partial charge on any atom is 0.161 e. The van der Waals surface area contributed by atoms with Crippen molar-refractivity contribution in [3.63, 3.8) is 0 Å². The molecule has 0 saturated heterocycles. The fraction of sp³-hybridized carbons (Fsp3) is 0.800. The lowest BCUT2D eigenvalue weighted by Crippen LogP contribution is -2.36. The fourth-order valence-corrected chi connectivity index (χ4v) is 2.35. The minimum Gasteiger partial charge on any atom is -0.493 e. The van der Waals surface area contributed by atoms with Crippen LogP contribution in [0.1, 0.15) is 65.7 Å². The van der Waals surface area contributed by atoms with Crippen LogP contribution in [0.25, 0.3) is 0 Å². The highest BCUT2D eigenvalue weighted by Gasteiger charge is 2.34. The van der Waals surface area contributed by atoms with Gasteiger partial charge in [-0.05, 0) is 32.2 Å².